The molecule has 2 aromatic carbocycles. The van der Waals surface area contributed by atoms with Crippen molar-refractivity contribution < 1.29 is 4.79 Å². The average molecular weight is 346 g/mol. The van der Waals surface area contributed by atoms with Crippen molar-refractivity contribution in [3.05, 3.63) is 83.7 Å². The molecule has 5 heteroatoms. The van der Waals surface area contributed by atoms with Gasteiger partial charge in [0, 0.05) is 25.0 Å². The van der Waals surface area contributed by atoms with E-state index < -0.39 is 0 Å². The Bertz CT molecular complexity index is 866. The van der Waals surface area contributed by atoms with Gasteiger partial charge in [0.25, 0.3) is 5.91 Å². The third-order valence-electron chi connectivity index (χ3n) is 4.06. The highest BCUT2D eigenvalue weighted by Crippen LogP contribution is 2.20. The Labute approximate surface area is 153 Å². The molecule has 0 unspecified atom stereocenters. The SMILES string of the molecule is Cc1cc(C(=O)NCCc2ccccc2)nc(N(C)c2ccccc2)n1. The van der Waals surface area contributed by atoms with E-state index in [-0.39, 0.29) is 5.91 Å². The summed E-state index contributed by atoms with van der Waals surface area (Å²) in [6, 6.07) is 21.6. The second-order valence-corrected chi connectivity index (χ2v) is 6.08. The zero-order valence-electron chi connectivity index (χ0n) is 15.0. The van der Waals surface area contributed by atoms with Crippen LogP contribution in [0.3, 0.4) is 0 Å². The lowest BCUT2D eigenvalue weighted by Gasteiger charge is -2.18. The van der Waals surface area contributed by atoms with Crippen LogP contribution in [0.2, 0.25) is 0 Å². The number of anilines is 2. The van der Waals surface area contributed by atoms with Crippen LogP contribution in [-0.2, 0) is 6.42 Å². The number of rotatable bonds is 6. The van der Waals surface area contributed by atoms with Crippen molar-refractivity contribution >= 4 is 17.5 Å². The minimum absolute atomic E-state index is 0.186. The number of amides is 1. The predicted molar refractivity (Wildman–Crippen MR) is 104 cm³/mol. The molecule has 0 bridgehead atoms. The largest absolute Gasteiger partial charge is 0.350 e. The second-order valence-electron chi connectivity index (χ2n) is 6.08. The molecule has 0 spiro atoms. The smallest absolute Gasteiger partial charge is 0.270 e. The van der Waals surface area contributed by atoms with Gasteiger partial charge in [-0.2, -0.15) is 0 Å². The summed E-state index contributed by atoms with van der Waals surface area (Å²) in [6.45, 7) is 2.43. The van der Waals surface area contributed by atoms with Gasteiger partial charge in [-0.05, 0) is 37.1 Å². The fourth-order valence-corrected chi connectivity index (χ4v) is 2.64. The summed E-state index contributed by atoms with van der Waals surface area (Å²) >= 11 is 0. The lowest BCUT2D eigenvalue weighted by molar-refractivity contribution is 0.0949. The molecule has 5 nitrogen and oxygen atoms in total. The van der Waals surface area contributed by atoms with E-state index in [1.807, 2.05) is 79.5 Å². The molecule has 0 saturated heterocycles. The monoisotopic (exact) mass is 346 g/mol. The van der Waals surface area contributed by atoms with Gasteiger partial charge in [0.05, 0.1) is 0 Å². The predicted octanol–water partition coefficient (Wildman–Crippen LogP) is 3.53. The molecule has 1 amide bonds. The Balaban J connectivity index is 1.69. The fourth-order valence-electron chi connectivity index (χ4n) is 2.64. The first-order valence-electron chi connectivity index (χ1n) is 8.60. The van der Waals surface area contributed by atoms with Crippen molar-refractivity contribution in [1.29, 1.82) is 0 Å². The van der Waals surface area contributed by atoms with Gasteiger partial charge < -0.3 is 10.2 Å². The van der Waals surface area contributed by atoms with Crippen LogP contribution in [-0.4, -0.2) is 29.5 Å². The molecule has 0 aliphatic heterocycles. The molecule has 0 aliphatic carbocycles. The Kier molecular flexibility index (Phi) is 5.59. The molecule has 3 rings (SSSR count). The number of nitrogens with one attached hydrogen (secondary N) is 1. The van der Waals surface area contributed by atoms with Crippen molar-refractivity contribution in [3.8, 4) is 0 Å². The molecule has 1 heterocycles. The molecule has 0 saturated carbocycles. The lowest BCUT2D eigenvalue weighted by atomic mass is 10.1. The van der Waals surface area contributed by atoms with E-state index in [0.717, 1.165) is 17.8 Å². The van der Waals surface area contributed by atoms with E-state index in [1.165, 1.54) is 5.56 Å². The number of carbonyl (C=O) groups excluding carboxylic acids is 1. The topological polar surface area (TPSA) is 58.1 Å². The van der Waals surface area contributed by atoms with E-state index >= 15 is 0 Å². The van der Waals surface area contributed by atoms with Crippen molar-refractivity contribution in [2.45, 2.75) is 13.3 Å². The minimum Gasteiger partial charge on any atom is -0.350 e. The maximum atomic E-state index is 12.5. The Morgan fingerprint density at radius 3 is 2.35 bits per heavy atom. The van der Waals surface area contributed by atoms with Crippen LogP contribution in [0.4, 0.5) is 11.6 Å². The molecule has 132 valence electrons. The summed E-state index contributed by atoms with van der Waals surface area (Å²) in [5, 5.41) is 2.93. The van der Waals surface area contributed by atoms with Crippen LogP contribution in [0.25, 0.3) is 0 Å². The quantitative estimate of drug-likeness (QED) is 0.742. The Morgan fingerprint density at radius 2 is 1.65 bits per heavy atom. The maximum absolute atomic E-state index is 12.5. The van der Waals surface area contributed by atoms with Gasteiger partial charge >= 0.3 is 0 Å². The van der Waals surface area contributed by atoms with E-state index in [2.05, 4.69) is 15.3 Å². The van der Waals surface area contributed by atoms with Crippen molar-refractivity contribution in [2.75, 3.05) is 18.5 Å². The molecular weight excluding hydrogens is 324 g/mol. The molecule has 0 atom stereocenters. The molecule has 0 aliphatic rings. The molecular formula is C21H22N4O. The summed E-state index contributed by atoms with van der Waals surface area (Å²) in [5.74, 6) is 0.318. The van der Waals surface area contributed by atoms with Gasteiger partial charge in [-0.3, -0.25) is 4.79 Å². The molecule has 1 N–H and O–H groups in total. The number of para-hydroxylation sites is 1. The molecule has 0 fully saturated rings. The number of benzene rings is 2. The van der Waals surface area contributed by atoms with Crippen molar-refractivity contribution in [2.24, 2.45) is 0 Å². The second kappa shape index (κ2) is 8.25. The van der Waals surface area contributed by atoms with Crippen molar-refractivity contribution in [3.63, 3.8) is 0 Å². The summed E-state index contributed by atoms with van der Waals surface area (Å²) in [4.78, 5) is 23.2. The van der Waals surface area contributed by atoms with Gasteiger partial charge in [0.15, 0.2) is 0 Å². The molecule has 3 aromatic rings. The first kappa shape index (κ1) is 17.6. The summed E-state index contributed by atoms with van der Waals surface area (Å²) in [5.41, 5.74) is 3.29. The van der Waals surface area contributed by atoms with Gasteiger partial charge in [0.1, 0.15) is 5.69 Å². The van der Waals surface area contributed by atoms with Crippen LogP contribution in [0, 0.1) is 6.92 Å². The summed E-state index contributed by atoms with van der Waals surface area (Å²) in [6.07, 6.45) is 0.785. The number of hydrogen-bond acceptors (Lipinski definition) is 4. The number of aryl methyl sites for hydroxylation is 1. The standard InChI is InChI=1S/C21H22N4O/c1-16-15-19(20(26)22-14-13-17-9-5-3-6-10-17)24-21(23-16)25(2)18-11-7-4-8-12-18/h3-12,15H,13-14H2,1-2H3,(H,22,26). The van der Waals surface area contributed by atoms with E-state index in [0.29, 0.717) is 18.2 Å². The number of hydrogen-bond donors (Lipinski definition) is 1. The zero-order valence-corrected chi connectivity index (χ0v) is 15.0. The highest BCUT2D eigenvalue weighted by atomic mass is 16.1. The normalized spacial score (nSPS) is 10.4. The van der Waals surface area contributed by atoms with Gasteiger partial charge in [-0.1, -0.05) is 48.5 Å². The lowest BCUT2D eigenvalue weighted by Crippen LogP contribution is -2.27. The molecule has 1 aromatic heterocycles. The Hall–Kier alpha value is -3.21. The first-order valence-corrected chi connectivity index (χ1v) is 8.60. The third kappa shape index (κ3) is 4.45. The van der Waals surface area contributed by atoms with Gasteiger partial charge in [-0.15, -0.1) is 0 Å². The van der Waals surface area contributed by atoms with Crippen LogP contribution in [0.1, 0.15) is 21.7 Å². The molecule has 26 heavy (non-hydrogen) atoms. The van der Waals surface area contributed by atoms with E-state index in [9.17, 15) is 4.79 Å². The third-order valence-corrected chi connectivity index (χ3v) is 4.06. The first-order chi connectivity index (χ1) is 12.6. The number of aromatic nitrogens is 2. The van der Waals surface area contributed by atoms with Crippen LogP contribution < -0.4 is 10.2 Å². The highest BCUT2D eigenvalue weighted by Gasteiger charge is 2.13. The number of carbonyl (C=O) groups is 1. The zero-order chi connectivity index (χ0) is 18.4. The highest BCUT2D eigenvalue weighted by molar-refractivity contribution is 5.92. The van der Waals surface area contributed by atoms with Crippen LogP contribution >= 0.6 is 0 Å². The van der Waals surface area contributed by atoms with E-state index in [1.54, 1.807) is 6.07 Å². The van der Waals surface area contributed by atoms with Gasteiger partial charge in [0.2, 0.25) is 5.95 Å². The number of nitrogens with zero attached hydrogens (tertiary/aromatic N) is 3. The summed E-state index contributed by atoms with van der Waals surface area (Å²) < 4.78 is 0. The molecule has 0 radical (unpaired) electrons. The van der Waals surface area contributed by atoms with E-state index in [4.69, 9.17) is 0 Å². The Morgan fingerprint density at radius 1 is 1.00 bits per heavy atom. The summed E-state index contributed by atoms with van der Waals surface area (Å²) in [7, 11) is 1.89. The maximum Gasteiger partial charge on any atom is 0.270 e. The van der Waals surface area contributed by atoms with Crippen LogP contribution in [0.5, 0.6) is 0 Å². The van der Waals surface area contributed by atoms with Crippen molar-refractivity contribution in [1.82, 2.24) is 15.3 Å². The van der Waals surface area contributed by atoms with Gasteiger partial charge in [-0.25, -0.2) is 9.97 Å². The fraction of sp³-hybridized carbons (Fsp3) is 0.190. The van der Waals surface area contributed by atoms with Crippen LogP contribution in [0.15, 0.2) is 66.7 Å². The average Bonchev–Trinajstić information content (AvgIpc) is 2.68. The minimum atomic E-state index is -0.186.